The Morgan fingerprint density at radius 2 is 1.83 bits per heavy atom. The fourth-order valence-electron chi connectivity index (χ4n) is 4.33. The molecule has 0 saturated carbocycles. The molecule has 0 aliphatic carbocycles. The molecule has 2 amide bonds. The Morgan fingerprint density at radius 3 is 2.41 bits per heavy atom. The molecule has 29 heavy (non-hydrogen) atoms. The van der Waals surface area contributed by atoms with Gasteiger partial charge >= 0.3 is 6.03 Å². The summed E-state index contributed by atoms with van der Waals surface area (Å²) in [6.07, 6.45) is 1.29. The molecule has 2 N–H and O–H groups in total. The lowest BCUT2D eigenvalue weighted by molar-refractivity contribution is 0.0472. The number of hydrogen-bond donors (Lipinski definition) is 2. The van der Waals surface area contributed by atoms with E-state index >= 15 is 0 Å². The lowest BCUT2D eigenvalue weighted by Gasteiger charge is -2.45. The van der Waals surface area contributed by atoms with Gasteiger partial charge in [0.05, 0.1) is 13.2 Å². The number of benzene rings is 1. The molecule has 6 heteroatoms. The minimum atomic E-state index is -0.127. The number of amides is 2. The molecule has 164 valence electrons. The van der Waals surface area contributed by atoms with Gasteiger partial charge in [-0.15, -0.1) is 0 Å². The van der Waals surface area contributed by atoms with Crippen LogP contribution in [-0.4, -0.2) is 68.8 Å². The Hall–Kier alpha value is -1.79. The number of likely N-dealkylation sites (tertiary alicyclic amines) is 1. The molecule has 0 aromatic heterocycles. The van der Waals surface area contributed by atoms with Crippen LogP contribution in [-0.2, 0) is 0 Å². The summed E-state index contributed by atoms with van der Waals surface area (Å²) in [4.78, 5) is 17.1. The molecule has 6 nitrogen and oxygen atoms in total. The molecule has 1 saturated heterocycles. The third-order valence-electron chi connectivity index (χ3n) is 5.98. The summed E-state index contributed by atoms with van der Waals surface area (Å²) < 4.78 is 5.50. The van der Waals surface area contributed by atoms with Crippen molar-refractivity contribution < 1.29 is 9.53 Å². The molecule has 1 aliphatic heterocycles. The van der Waals surface area contributed by atoms with Gasteiger partial charge in [0, 0.05) is 37.3 Å². The largest absolute Gasteiger partial charge is 0.496 e. The van der Waals surface area contributed by atoms with E-state index in [1.807, 2.05) is 38.4 Å². The highest BCUT2D eigenvalue weighted by Crippen LogP contribution is 2.28. The third-order valence-corrected chi connectivity index (χ3v) is 5.98. The second-order valence-corrected chi connectivity index (χ2v) is 9.45. The first-order chi connectivity index (χ1) is 13.6. The molecule has 1 aliphatic rings. The van der Waals surface area contributed by atoms with Gasteiger partial charge in [0.2, 0.25) is 0 Å². The summed E-state index contributed by atoms with van der Waals surface area (Å²) in [7, 11) is 5.70. The Balaban J connectivity index is 1.90. The highest BCUT2D eigenvalue weighted by molar-refractivity contribution is 5.74. The highest BCUT2D eigenvalue weighted by atomic mass is 16.5. The van der Waals surface area contributed by atoms with Crippen LogP contribution in [0.1, 0.15) is 45.7 Å². The number of piperidine rings is 1. The van der Waals surface area contributed by atoms with Crippen molar-refractivity contribution in [3.63, 3.8) is 0 Å². The van der Waals surface area contributed by atoms with Gasteiger partial charge in [-0.05, 0) is 52.3 Å². The topological polar surface area (TPSA) is 56.8 Å². The first-order valence-corrected chi connectivity index (χ1v) is 10.7. The van der Waals surface area contributed by atoms with Gasteiger partial charge in [0.25, 0.3) is 0 Å². The smallest absolute Gasteiger partial charge is 0.314 e. The number of carbonyl (C=O) groups is 1. The van der Waals surface area contributed by atoms with Crippen molar-refractivity contribution >= 4 is 6.03 Å². The van der Waals surface area contributed by atoms with Gasteiger partial charge in [0.1, 0.15) is 5.75 Å². The fraction of sp³-hybridized carbons (Fsp3) is 0.696. The first-order valence-electron chi connectivity index (χ1n) is 10.7. The van der Waals surface area contributed by atoms with E-state index in [-0.39, 0.29) is 17.6 Å². The van der Waals surface area contributed by atoms with Gasteiger partial charge in [-0.2, -0.15) is 0 Å². The second kappa shape index (κ2) is 10.3. The minimum Gasteiger partial charge on any atom is -0.496 e. The van der Waals surface area contributed by atoms with Crippen molar-refractivity contribution in [2.24, 2.45) is 11.8 Å². The molecule has 0 bridgehead atoms. The molecule has 0 radical (unpaired) electrons. The summed E-state index contributed by atoms with van der Waals surface area (Å²) in [5.41, 5.74) is 1.00. The molecule has 3 atom stereocenters. The zero-order valence-corrected chi connectivity index (χ0v) is 19.3. The summed E-state index contributed by atoms with van der Waals surface area (Å²) >= 11 is 0. The Morgan fingerprint density at radius 1 is 1.21 bits per heavy atom. The van der Waals surface area contributed by atoms with E-state index in [0.29, 0.717) is 24.9 Å². The molecule has 1 aromatic rings. The SMILES string of the molecule is COc1ccccc1C(CNC(=O)NCC(C)(C)N1CC(C)CC(C)C1)N(C)C. The number of nitrogens with zero attached hydrogens (tertiary/aromatic N) is 2. The number of rotatable bonds is 8. The maximum atomic E-state index is 12.5. The van der Waals surface area contributed by atoms with Gasteiger partial charge in [-0.1, -0.05) is 32.0 Å². The van der Waals surface area contributed by atoms with Gasteiger partial charge in [-0.3, -0.25) is 4.90 Å². The summed E-state index contributed by atoms with van der Waals surface area (Å²) in [5, 5.41) is 6.12. The molecule has 1 heterocycles. The van der Waals surface area contributed by atoms with Crippen LogP contribution >= 0.6 is 0 Å². The fourth-order valence-corrected chi connectivity index (χ4v) is 4.33. The maximum Gasteiger partial charge on any atom is 0.314 e. The normalized spacial score (nSPS) is 21.7. The van der Waals surface area contributed by atoms with Crippen molar-refractivity contribution in [2.75, 3.05) is 47.4 Å². The standard InChI is InChI=1S/C23H40N4O2/c1-17-12-18(2)15-27(14-17)23(3,4)16-25-22(28)24-13-20(26(5)6)19-10-8-9-11-21(19)29-7/h8-11,17-18,20H,12-16H2,1-7H3,(H2,24,25,28). The van der Waals surface area contributed by atoms with E-state index in [1.165, 1.54) is 6.42 Å². The number of carbonyl (C=O) groups excluding carboxylic acids is 1. The van der Waals surface area contributed by atoms with Crippen molar-refractivity contribution in [1.82, 2.24) is 20.4 Å². The average Bonchev–Trinajstić information content (AvgIpc) is 2.66. The van der Waals surface area contributed by atoms with Crippen LogP contribution in [0.25, 0.3) is 0 Å². The van der Waals surface area contributed by atoms with E-state index in [4.69, 9.17) is 4.74 Å². The molecule has 0 spiro atoms. The molecular weight excluding hydrogens is 364 g/mol. The molecule has 1 aromatic carbocycles. The van der Waals surface area contributed by atoms with Gasteiger partial charge < -0.3 is 20.3 Å². The van der Waals surface area contributed by atoms with E-state index in [9.17, 15) is 4.79 Å². The Bertz CT molecular complexity index is 652. The number of nitrogens with one attached hydrogen (secondary N) is 2. The highest BCUT2D eigenvalue weighted by Gasteiger charge is 2.33. The van der Waals surface area contributed by atoms with Gasteiger partial charge in [0.15, 0.2) is 0 Å². The van der Waals surface area contributed by atoms with Crippen molar-refractivity contribution in [2.45, 2.75) is 45.7 Å². The number of urea groups is 1. The van der Waals surface area contributed by atoms with E-state index in [2.05, 4.69) is 48.1 Å². The van der Waals surface area contributed by atoms with Crippen LogP contribution < -0.4 is 15.4 Å². The molecule has 2 rings (SSSR count). The number of likely N-dealkylation sites (N-methyl/N-ethyl adjacent to an activating group) is 1. The first kappa shape index (κ1) is 23.5. The summed E-state index contributed by atoms with van der Waals surface area (Å²) in [6, 6.07) is 7.86. The van der Waals surface area contributed by atoms with Crippen LogP contribution in [0, 0.1) is 11.8 Å². The van der Waals surface area contributed by atoms with Crippen LogP contribution in [0.3, 0.4) is 0 Å². The molecular formula is C23H40N4O2. The van der Waals surface area contributed by atoms with Crippen LogP contribution in [0.5, 0.6) is 5.75 Å². The second-order valence-electron chi connectivity index (χ2n) is 9.45. The van der Waals surface area contributed by atoms with Crippen molar-refractivity contribution in [3.8, 4) is 5.75 Å². The predicted octanol–water partition coefficient (Wildman–Crippen LogP) is 3.35. The zero-order valence-electron chi connectivity index (χ0n) is 19.3. The van der Waals surface area contributed by atoms with Crippen LogP contribution in [0.15, 0.2) is 24.3 Å². The molecule has 1 fully saturated rings. The Kier molecular flexibility index (Phi) is 8.34. The predicted molar refractivity (Wildman–Crippen MR) is 119 cm³/mol. The van der Waals surface area contributed by atoms with Crippen LogP contribution in [0.2, 0.25) is 0 Å². The lowest BCUT2D eigenvalue weighted by atomic mass is 9.88. The zero-order chi connectivity index (χ0) is 21.6. The Labute approximate surface area is 177 Å². The summed E-state index contributed by atoms with van der Waals surface area (Å²) in [5.74, 6) is 2.24. The monoisotopic (exact) mass is 404 g/mol. The third kappa shape index (κ3) is 6.61. The summed E-state index contributed by atoms with van der Waals surface area (Å²) in [6.45, 7) is 12.4. The number of para-hydroxylation sites is 1. The van der Waals surface area contributed by atoms with Crippen LogP contribution in [0.4, 0.5) is 4.79 Å². The number of ether oxygens (including phenoxy) is 1. The lowest BCUT2D eigenvalue weighted by Crippen LogP contribution is -2.57. The van der Waals surface area contributed by atoms with E-state index in [0.717, 1.165) is 24.4 Å². The van der Waals surface area contributed by atoms with Crippen molar-refractivity contribution in [1.29, 1.82) is 0 Å². The van der Waals surface area contributed by atoms with Gasteiger partial charge in [-0.25, -0.2) is 4.79 Å². The number of methoxy groups -OCH3 is 1. The quantitative estimate of drug-likeness (QED) is 0.698. The minimum absolute atomic E-state index is 0.0358. The van der Waals surface area contributed by atoms with Crippen molar-refractivity contribution in [3.05, 3.63) is 29.8 Å². The van der Waals surface area contributed by atoms with E-state index < -0.39 is 0 Å². The number of hydrogen-bond acceptors (Lipinski definition) is 4. The molecule has 3 unspecified atom stereocenters. The maximum absolute atomic E-state index is 12.5. The van der Waals surface area contributed by atoms with E-state index in [1.54, 1.807) is 7.11 Å². The average molecular weight is 405 g/mol.